The molecule has 6 heteroatoms. The molecule has 2 N–H and O–H groups in total. The quantitative estimate of drug-likeness (QED) is 0.877. The number of amides is 1. The number of nitrogens with zero attached hydrogens (tertiary/aromatic N) is 2. The molecule has 0 aliphatic carbocycles. The minimum Gasteiger partial charge on any atom is -0.388 e. The molecule has 0 aromatic carbocycles. The van der Waals surface area contributed by atoms with Crippen molar-refractivity contribution in [2.24, 2.45) is 0 Å². The van der Waals surface area contributed by atoms with Crippen LogP contribution in [0.4, 0.5) is 5.69 Å². The standard InChI is InChI=1S/C13H16N4OS/c1-9(13-16-5-6-19-13)8-17-12(18)11-7-10(14-2)3-4-15-11/h3-7,9H,8H2,1-2H3,(H,14,15)(H,17,18). The minimum absolute atomic E-state index is 0.166. The van der Waals surface area contributed by atoms with E-state index >= 15 is 0 Å². The van der Waals surface area contributed by atoms with Crippen molar-refractivity contribution in [1.82, 2.24) is 15.3 Å². The molecule has 0 spiro atoms. The molecular weight excluding hydrogens is 260 g/mol. The minimum atomic E-state index is -0.166. The number of carbonyl (C=O) groups is 1. The molecule has 0 saturated carbocycles. The number of pyridine rings is 1. The number of nitrogens with one attached hydrogen (secondary N) is 2. The van der Waals surface area contributed by atoms with Crippen LogP contribution in [-0.4, -0.2) is 29.5 Å². The number of hydrogen-bond acceptors (Lipinski definition) is 5. The van der Waals surface area contributed by atoms with Crippen molar-refractivity contribution in [3.05, 3.63) is 40.6 Å². The molecule has 100 valence electrons. The molecule has 19 heavy (non-hydrogen) atoms. The summed E-state index contributed by atoms with van der Waals surface area (Å²) in [7, 11) is 1.81. The fourth-order valence-electron chi connectivity index (χ4n) is 1.61. The Balaban J connectivity index is 1.94. The van der Waals surface area contributed by atoms with Gasteiger partial charge in [-0.2, -0.15) is 0 Å². The van der Waals surface area contributed by atoms with Crippen molar-refractivity contribution in [1.29, 1.82) is 0 Å². The van der Waals surface area contributed by atoms with Gasteiger partial charge in [0.05, 0.1) is 5.01 Å². The van der Waals surface area contributed by atoms with Gasteiger partial charge in [-0.15, -0.1) is 11.3 Å². The Labute approximate surface area is 116 Å². The summed E-state index contributed by atoms with van der Waals surface area (Å²) in [4.78, 5) is 20.3. The second kappa shape index (κ2) is 6.29. The summed E-state index contributed by atoms with van der Waals surface area (Å²) in [6.45, 7) is 2.59. The number of rotatable bonds is 5. The van der Waals surface area contributed by atoms with Gasteiger partial charge in [0.1, 0.15) is 5.69 Å². The molecule has 0 radical (unpaired) electrons. The van der Waals surface area contributed by atoms with Gasteiger partial charge < -0.3 is 10.6 Å². The van der Waals surface area contributed by atoms with Crippen molar-refractivity contribution in [2.45, 2.75) is 12.8 Å². The summed E-state index contributed by atoms with van der Waals surface area (Å²) in [5, 5.41) is 8.82. The van der Waals surface area contributed by atoms with Gasteiger partial charge >= 0.3 is 0 Å². The summed E-state index contributed by atoms with van der Waals surface area (Å²) >= 11 is 1.60. The highest BCUT2D eigenvalue weighted by Gasteiger charge is 2.12. The van der Waals surface area contributed by atoms with Gasteiger partial charge in [-0.1, -0.05) is 6.92 Å². The van der Waals surface area contributed by atoms with Crippen LogP contribution < -0.4 is 10.6 Å². The van der Waals surface area contributed by atoms with Crippen molar-refractivity contribution < 1.29 is 4.79 Å². The first-order valence-corrected chi connectivity index (χ1v) is 6.90. The topological polar surface area (TPSA) is 66.9 Å². The van der Waals surface area contributed by atoms with Crippen LogP contribution in [0.1, 0.15) is 28.3 Å². The highest BCUT2D eigenvalue weighted by Crippen LogP contribution is 2.16. The molecule has 5 nitrogen and oxygen atoms in total. The van der Waals surface area contributed by atoms with Crippen LogP contribution >= 0.6 is 11.3 Å². The van der Waals surface area contributed by atoms with Crippen LogP contribution in [0, 0.1) is 0 Å². The van der Waals surface area contributed by atoms with Crippen LogP contribution in [0.5, 0.6) is 0 Å². The normalized spacial score (nSPS) is 11.9. The Morgan fingerprint density at radius 2 is 2.26 bits per heavy atom. The predicted octanol–water partition coefficient (Wildman–Crippen LogP) is 2.11. The second-order valence-electron chi connectivity index (χ2n) is 4.16. The van der Waals surface area contributed by atoms with Gasteiger partial charge in [0, 0.05) is 43.0 Å². The van der Waals surface area contributed by atoms with Gasteiger partial charge in [0.2, 0.25) is 0 Å². The Kier molecular flexibility index (Phi) is 4.46. The highest BCUT2D eigenvalue weighted by molar-refractivity contribution is 7.09. The molecule has 1 amide bonds. The van der Waals surface area contributed by atoms with E-state index in [4.69, 9.17) is 0 Å². The molecule has 2 heterocycles. The smallest absolute Gasteiger partial charge is 0.269 e. The zero-order chi connectivity index (χ0) is 13.7. The largest absolute Gasteiger partial charge is 0.388 e. The van der Waals surface area contributed by atoms with Gasteiger partial charge in [-0.25, -0.2) is 4.98 Å². The fraction of sp³-hybridized carbons (Fsp3) is 0.308. The van der Waals surface area contributed by atoms with E-state index in [1.807, 2.05) is 25.4 Å². The third kappa shape index (κ3) is 3.51. The molecule has 0 aliphatic heterocycles. The lowest BCUT2D eigenvalue weighted by molar-refractivity contribution is 0.0946. The average Bonchev–Trinajstić information content (AvgIpc) is 2.98. The van der Waals surface area contributed by atoms with E-state index in [1.165, 1.54) is 0 Å². The van der Waals surface area contributed by atoms with Crippen molar-refractivity contribution in [2.75, 3.05) is 18.9 Å². The summed E-state index contributed by atoms with van der Waals surface area (Å²) in [5.41, 5.74) is 1.28. The molecule has 2 aromatic rings. The first kappa shape index (κ1) is 13.5. The van der Waals surface area contributed by atoms with Crippen LogP contribution in [0.3, 0.4) is 0 Å². The second-order valence-corrected chi connectivity index (χ2v) is 5.09. The van der Waals surface area contributed by atoms with Gasteiger partial charge in [-0.3, -0.25) is 9.78 Å². The lowest BCUT2D eigenvalue weighted by Crippen LogP contribution is -2.28. The molecule has 2 aromatic heterocycles. The molecular formula is C13H16N4OS. The third-order valence-electron chi connectivity index (χ3n) is 2.72. The SMILES string of the molecule is CNc1ccnc(C(=O)NCC(C)c2nccs2)c1. The maximum Gasteiger partial charge on any atom is 0.269 e. The third-order valence-corrected chi connectivity index (χ3v) is 3.73. The molecule has 0 saturated heterocycles. The van der Waals surface area contributed by atoms with E-state index < -0.39 is 0 Å². The number of carbonyl (C=O) groups excluding carboxylic acids is 1. The maximum absolute atomic E-state index is 12.0. The Morgan fingerprint density at radius 3 is 2.95 bits per heavy atom. The first-order chi connectivity index (χ1) is 9.20. The van der Waals surface area contributed by atoms with Crippen LogP contribution in [0.15, 0.2) is 29.9 Å². The summed E-state index contributed by atoms with van der Waals surface area (Å²) in [6.07, 6.45) is 3.39. The lowest BCUT2D eigenvalue weighted by atomic mass is 10.2. The maximum atomic E-state index is 12.0. The molecule has 2 rings (SSSR count). The first-order valence-electron chi connectivity index (χ1n) is 6.02. The Morgan fingerprint density at radius 1 is 1.42 bits per heavy atom. The highest BCUT2D eigenvalue weighted by atomic mass is 32.1. The van der Waals surface area contributed by atoms with E-state index in [0.29, 0.717) is 12.2 Å². The van der Waals surface area contributed by atoms with Gasteiger partial charge in [0.25, 0.3) is 5.91 Å². The van der Waals surface area contributed by atoms with Crippen LogP contribution in [-0.2, 0) is 0 Å². The Hall–Kier alpha value is -1.95. The molecule has 1 unspecified atom stereocenters. The number of anilines is 1. The fourth-order valence-corrected chi connectivity index (χ4v) is 2.31. The van der Waals surface area contributed by atoms with Gasteiger partial charge in [0.15, 0.2) is 0 Å². The van der Waals surface area contributed by atoms with E-state index in [1.54, 1.807) is 29.8 Å². The molecule has 0 bridgehead atoms. The van der Waals surface area contributed by atoms with E-state index in [9.17, 15) is 4.79 Å². The van der Waals surface area contributed by atoms with Crippen LogP contribution in [0.25, 0.3) is 0 Å². The predicted molar refractivity (Wildman–Crippen MR) is 76.6 cm³/mol. The van der Waals surface area contributed by atoms with E-state index in [0.717, 1.165) is 10.7 Å². The van der Waals surface area contributed by atoms with Crippen LogP contribution in [0.2, 0.25) is 0 Å². The number of hydrogen-bond donors (Lipinski definition) is 2. The monoisotopic (exact) mass is 276 g/mol. The van der Waals surface area contributed by atoms with Crippen molar-refractivity contribution >= 4 is 22.9 Å². The summed E-state index contributed by atoms with van der Waals surface area (Å²) in [6, 6.07) is 3.54. The zero-order valence-electron chi connectivity index (χ0n) is 10.9. The lowest BCUT2D eigenvalue weighted by Gasteiger charge is -2.10. The zero-order valence-corrected chi connectivity index (χ0v) is 11.7. The van der Waals surface area contributed by atoms with E-state index in [-0.39, 0.29) is 11.8 Å². The van der Waals surface area contributed by atoms with Gasteiger partial charge in [-0.05, 0) is 12.1 Å². The number of thiazole rings is 1. The van der Waals surface area contributed by atoms with Crippen molar-refractivity contribution in [3.63, 3.8) is 0 Å². The summed E-state index contributed by atoms with van der Waals surface area (Å²) < 4.78 is 0. The van der Waals surface area contributed by atoms with Crippen molar-refractivity contribution in [3.8, 4) is 0 Å². The molecule has 0 fully saturated rings. The Bertz CT molecular complexity index is 541. The molecule has 0 aliphatic rings. The summed E-state index contributed by atoms with van der Waals surface area (Å²) in [5.74, 6) is 0.0388. The molecule has 1 atom stereocenters. The number of aromatic nitrogens is 2. The average molecular weight is 276 g/mol. The van der Waals surface area contributed by atoms with E-state index in [2.05, 4.69) is 20.6 Å².